The first-order valence-corrected chi connectivity index (χ1v) is 7.83. The second kappa shape index (κ2) is 5.51. The molecule has 1 aromatic carbocycles. The molecule has 0 aromatic heterocycles. The van der Waals surface area contributed by atoms with E-state index in [1.807, 2.05) is 24.1 Å². The van der Waals surface area contributed by atoms with Crippen LogP contribution in [0.1, 0.15) is 47.7 Å². The molecule has 4 heteroatoms. The van der Waals surface area contributed by atoms with Crippen molar-refractivity contribution < 1.29 is 9.59 Å². The van der Waals surface area contributed by atoms with Gasteiger partial charge < -0.3 is 9.80 Å². The molecule has 0 bridgehead atoms. The molecule has 2 heterocycles. The fourth-order valence-corrected chi connectivity index (χ4v) is 3.32. The summed E-state index contributed by atoms with van der Waals surface area (Å²) in [6.07, 6.45) is 4.50. The SMILES string of the molecule is CCCCN(C)C(=O)c1cc2c3c(c1)CC(=O)N3CCC2. The van der Waals surface area contributed by atoms with E-state index in [9.17, 15) is 9.59 Å². The molecule has 0 unspecified atom stereocenters. The maximum atomic E-state index is 12.5. The number of rotatable bonds is 4. The molecule has 2 aliphatic rings. The van der Waals surface area contributed by atoms with Crippen LogP contribution >= 0.6 is 0 Å². The Morgan fingerprint density at radius 1 is 1.33 bits per heavy atom. The summed E-state index contributed by atoms with van der Waals surface area (Å²) in [5.41, 5.74) is 4.01. The zero-order chi connectivity index (χ0) is 15.0. The number of benzene rings is 1. The van der Waals surface area contributed by atoms with E-state index >= 15 is 0 Å². The average Bonchev–Trinajstić information content (AvgIpc) is 2.82. The van der Waals surface area contributed by atoms with E-state index < -0.39 is 0 Å². The van der Waals surface area contributed by atoms with Crippen LogP contribution < -0.4 is 4.90 Å². The fraction of sp³-hybridized carbons (Fsp3) is 0.529. The number of hydrogen-bond donors (Lipinski definition) is 0. The molecular weight excluding hydrogens is 264 g/mol. The van der Waals surface area contributed by atoms with Crippen LogP contribution in [0.3, 0.4) is 0 Å². The fourth-order valence-electron chi connectivity index (χ4n) is 3.32. The zero-order valence-electron chi connectivity index (χ0n) is 12.8. The number of carbonyl (C=O) groups excluding carboxylic acids is 2. The third-order valence-electron chi connectivity index (χ3n) is 4.45. The number of anilines is 1. The molecule has 4 nitrogen and oxygen atoms in total. The van der Waals surface area contributed by atoms with Crippen LogP contribution in [-0.2, 0) is 17.6 Å². The number of amides is 2. The Morgan fingerprint density at radius 2 is 2.10 bits per heavy atom. The van der Waals surface area contributed by atoms with Crippen LogP contribution in [0, 0.1) is 0 Å². The monoisotopic (exact) mass is 286 g/mol. The lowest BCUT2D eigenvalue weighted by Gasteiger charge is -2.26. The lowest BCUT2D eigenvalue weighted by atomic mass is 9.96. The molecule has 21 heavy (non-hydrogen) atoms. The summed E-state index contributed by atoms with van der Waals surface area (Å²) in [5, 5.41) is 0. The lowest BCUT2D eigenvalue weighted by Crippen LogP contribution is -2.31. The third kappa shape index (κ3) is 2.43. The molecular formula is C17H22N2O2. The summed E-state index contributed by atoms with van der Waals surface area (Å²) in [4.78, 5) is 28.2. The van der Waals surface area contributed by atoms with Gasteiger partial charge in [0.1, 0.15) is 0 Å². The standard InChI is InChI=1S/C17H22N2O2/c1-3-4-7-18(2)17(21)14-9-12-6-5-8-19-15(20)11-13(10-14)16(12)19/h9-10H,3-8,11H2,1-2H3. The van der Waals surface area contributed by atoms with Crippen molar-refractivity contribution in [2.24, 2.45) is 0 Å². The van der Waals surface area contributed by atoms with E-state index in [1.54, 1.807) is 4.90 Å². The van der Waals surface area contributed by atoms with Gasteiger partial charge in [-0.25, -0.2) is 0 Å². The maximum Gasteiger partial charge on any atom is 0.253 e. The van der Waals surface area contributed by atoms with Crippen molar-refractivity contribution in [2.75, 3.05) is 25.0 Å². The predicted octanol–water partition coefficient (Wildman–Crippen LogP) is 2.39. The second-order valence-electron chi connectivity index (χ2n) is 6.05. The van der Waals surface area contributed by atoms with Gasteiger partial charge in [0.15, 0.2) is 0 Å². The van der Waals surface area contributed by atoms with Crippen molar-refractivity contribution in [1.29, 1.82) is 0 Å². The summed E-state index contributed by atoms with van der Waals surface area (Å²) in [5.74, 6) is 0.244. The van der Waals surface area contributed by atoms with E-state index in [4.69, 9.17) is 0 Å². The van der Waals surface area contributed by atoms with Gasteiger partial charge in [-0.05, 0) is 42.5 Å². The van der Waals surface area contributed by atoms with Gasteiger partial charge in [-0.2, -0.15) is 0 Å². The van der Waals surface area contributed by atoms with Crippen molar-refractivity contribution >= 4 is 17.5 Å². The minimum atomic E-state index is 0.0685. The number of nitrogens with zero attached hydrogens (tertiary/aromatic N) is 2. The van der Waals surface area contributed by atoms with Crippen LogP contribution in [-0.4, -0.2) is 36.9 Å². The van der Waals surface area contributed by atoms with Crippen LogP contribution in [0.4, 0.5) is 5.69 Å². The first-order chi connectivity index (χ1) is 10.1. The number of carbonyl (C=O) groups is 2. The van der Waals surface area contributed by atoms with Crippen LogP contribution in [0.15, 0.2) is 12.1 Å². The Labute approximate surface area is 125 Å². The Hall–Kier alpha value is -1.84. The largest absolute Gasteiger partial charge is 0.342 e. The average molecular weight is 286 g/mol. The highest BCUT2D eigenvalue weighted by Crippen LogP contribution is 2.37. The second-order valence-corrected chi connectivity index (χ2v) is 6.05. The van der Waals surface area contributed by atoms with Gasteiger partial charge in [0.05, 0.1) is 12.1 Å². The van der Waals surface area contributed by atoms with Gasteiger partial charge in [0, 0.05) is 25.7 Å². The van der Waals surface area contributed by atoms with Crippen LogP contribution in [0.25, 0.3) is 0 Å². The molecule has 0 radical (unpaired) electrons. The predicted molar refractivity (Wildman–Crippen MR) is 82.7 cm³/mol. The summed E-state index contributed by atoms with van der Waals surface area (Å²) >= 11 is 0. The molecule has 3 rings (SSSR count). The smallest absolute Gasteiger partial charge is 0.253 e. The van der Waals surface area contributed by atoms with Crippen LogP contribution in [0.5, 0.6) is 0 Å². The Balaban J connectivity index is 1.91. The molecule has 2 aliphatic heterocycles. The Morgan fingerprint density at radius 3 is 2.86 bits per heavy atom. The van der Waals surface area contributed by atoms with Gasteiger partial charge in [-0.15, -0.1) is 0 Å². The summed E-state index contributed by atoms with van der Waals surface area (Å²) < 4.78 is 0. The van der Waals surface area contributed by atoms with E-state index in [-0.39, 0.29) is 11.8 Å². The zero-order valence-corrected chi connectivity index (χ0v) is 12.8. The minimum Gasteiger partial charge on any atom is -0.342 e. The first-order valence-electron chi connectivity index (χ1n) is 7.83. The normalized spacial score (nSPS) is 16.1. The van der Waals surface area contributed by atoms with Crippen molar-refractivity contribution in [3.05, 3.63) is 28.8 Å². The Bertz CT molecular complexity index is 595. The van der Waals surface area contributed by atoms with Crippen LogP contribution in [0.2, 0.25) is 0 Å². The quantitative estimate of drug-likeness (QED) is 0.852. The number of aryl methyl sites for hydroxylation is 1. The molecule has 0 spiro atoms. The highest BCUT2D eigenvalue weighted by molar-refractivity contribution is 6.04. The highest BCUT2D eigenvalue weighted by Gasteiger charge is 2.33. The molecule has 0 atom stereocenters. The van der Waals surface area contributed by atoms with Gasteiger partial charge in [0.2, 0.25) is 5.91 Å². The first kappa shape index (κ1) is 14.1. The van der Waals surface area contributed by atoms with Crippen molar-refractivity contribution in [1.82, 2.24) is 4.90 Å². The highest BCUT2D eigenvalue weighted by atomic mass is 16.2. The lowest BCUT2D eigenvalue weighted by molar-refractivity contribution is -0.117. The summed E-state index contributed by atoms with van der Waals surface area (Å²) in [6.45, 7) is 3.73. The molecule has 0 saturated heterocycles. The molecule has 112 valence electrons. The summed E-state index contributed by atoms with van der Waals surface area (Å²) in [6, 6.07) is 3.92. The number of hydrogen-bond acceptors (Lipinski definition) is 2. The number of unbranched alkanes of at least 4 members (excludes halogenated alkanes) is 1. The molecule has 0 fully saturated rings. The topological polar surface area (TPSA) is 40.6 Å². The molecule has 2 amide bonds. The Kier molecular flexibility index (Phi) is 3.70. The van der Waals surface area contributed by atoms with Gasteiger partial charge in [-0.3, -0.25) is 9.59 Å². The summed E-state index contributed by atoms with van der Waals surface area (Å²) in [7, 11) is 1.86. The van der Waals surface area contributed by atoms with E-state index in [1.165, 1.54) is 0 Å². The van der Waals surface area contributed by atoms with Crippen molar-refractivity contribution in [3.8, 4) is 0 Å². The molecule has 1 aromatic rings. The van der Waals surface area contributed by atoms with E-state index in [2.05, 4.69) is 6.92 Å². The minimum absolute atomic E-state index is 0.0685. The molecule has 0 N–H and O–H groups in total. The molecule has 0 saturated carbocycles. The van der Waals surface area contributed by atoms with Gasteiger partial charge in [-0.1, -0.05) is 13.3 Å². The third-order valence-corrected chi connectivity index (χ3v) is 4.45. The van der Waals surface area contributed by atoms with Gasteiger partial charge in [0.25, 0.3) is 5.91 Å². The van der Waals surface area contributed by atoms with Crippen molar-refractivity contribution in [3.63, 3.8) is 0 Å². The molecule has 0 aliphatic carbocycles. The maximum absolute atomic E-state index is 12.5. The van der Waals surface area contributed by atoms with Crippen molar-refractivity contribution in [2.45, 2.75) is 39.0 Å². The van der Waals surface area contributed by atoms with E-state index in [0.717, 1.165) is 61.2 Å². The van der Waals surface area contributed by atoms with Gasteiger partial charge >= 0.3 is 0 Å². The van der Waals surface area contributed by atoms with E-state index in [0.29, 0.717) is 6.42 Å².